The van der Waals surface area contributed by atoms with Gasteiger partial charge in [-0.3, -0.25) is 0 Å². The topological polar surface area (TPSA) is 171 Å². The van der Waals surface area contributed by atoms with Crippen LogP contribution in [0.3, 0.4) is 0 Å². The van der Waals surface area contributed by atoms with Crippen molar-refractivity contribution >= 4 is 5.90 Å². The Morgan fingerprint density at radius 2 is 1.56 bits per heavy atom. The Bertz CT molecular complexity index is 502. The van der Waals surface area contributed by atoms with E-state index in [1.807, 2.05) is 0 Å². The van der Waals surface area contributed by atoms with Crippen molar-refractivity contribution < 1.29 is 49.6 Å². The first-order chi connectivity index (χ1) is 11.9. The van der Waals surface area contributed by atoms with Crippen LogP contribution in [0.4, 0.5) is 0 Å². The van der Waals surface area contributed by atoms with Gasteiger partial charge in [-0.15, -0.1) is 0 Å². The van der Waals surface area contributed by atoms with Crippen molar-refractivity contribution in [3.8, 4) is 0 Å². The van der Waals surface area contributed by atoms with Crippen molar-refractivity contribution in [3.05, 3.63) is 0 Å². The lowest BCUT2D eigenvalue weighted by molar-refractivity contribution is -0.336. The summed E-state index contributed by atoms with van der Waals surface area (Å²) >= 11 is 0. The van der Waals surface area contributed by atoms with Crippen LogP contribution in [0, 0.1) is 0 Å². The third kappa shape index (κ3) is 3.39. The van der Waals surface area contributed by atoms with Gasteiger partial charge in [0.05, 0.1) is 13.2 Å². The van der Waals surface area contributed by atoms with Crippen LogP contribution in [0.5, 0.6) is 0 Å². The molecule has 0 aromatic rings. The van der Waals surface area contributed by atoms with Crippen molar-refractivity contribution in [2.45, 2.75) is 68.3 Å². The fourth-order valence-corrected chi connectivity index (χ4v) is 3.19. The molecule has 144 valence electrons. The van der Waals surface area contributed by atoms with Gasteiger partial charge in [0.2, 0.25) is 6.29 Å². The maximum absolute atomic E-state index is 10.4. The van der Waals surface area contributed by atoms with Gasteiger partial charge in [0, 0.05) is 6.92 Å². The van der Waals surface area contributed by atoms with Crippen molar-refractivity contribution in [1.82, 2.24) is 0 Å². The van der Waals surface area contributed by atoms with E-state index in [0.717, 1.165) is 0 Å². The highest BCUT2D eigenvalue weighted by molar-refractivity contribution is 5.75. The van der Waals surface area contributed by atoms with Gasteiger partial charge in [-0.2, -0.15) is 0 Å². The van der Waals surface area contributed by atoms with Crippen LogP contribution in [0.15, 0.2) is 4.99 Å². The molecule has 2 fully saturated rings. The first kappa shape index (κ1) is 18.9. The van der Waals surface area contributed by atoms with E-state index in [2.05, 4.69) is 4.99 Å². The standard InChI is InChI=1S/C14H23NO10/c1-4-15-7-12(9(19)6(3-17)23-13(7)22-4)25-14-11(21)10(20)8(18)5(2-16)24-14/h5-14,16-21H,2-3H2,1H3/t5?,6?,7?,8-,9+,10-,11?,12+,13+,14-/m0/s1. The van der Waals surface area contributed by atoms with E-state index in [1.165, 1.54) is 0 Å². The lowest BCUT2D eigenvalue weighted by Gasteiger charge is -2.44. The van der Waals surface area contributed by atoms with Gasteiger partial charge in [0.25, 0.3) is 0 Å². The Morgan fingerprint density at radius 1 is 0.920 bits per heavy atom. The lowest BCUT2D eigenvalue weighted by atomic mass is 9.96. The number of aliphatic imine (C=N–C) groups is 1. The molecule has 0 aliphatic carbocycles. The van der Waals surface area contributed by atoms with Crippen molar-refractivity contribution in [2.75, 3.05) is 13.2 Å². The van der Waals surface area contributed by atoms with E-state index in [9.17, 15) is 30.6 Å². The number of aliphatic hydroxyl groups excluding tert-OH is 6. The number of ether oxygens (including phenoxy) is 4. The zero-order chi connectivity index (χ0) is 18.3. The second-order valence-corrected chi connectivity index (χ2v) is 6.27. The third-order valence-electron chi connectivity index (χ3n) is 4.58. The quantitative estimate of drug-likeness (QED) is 0.289. The molecular formula is C14H23NO10. The highest BCUT2D eigenvalue weighted by atomic mass is 16.7. The molecule has 3 heterocycles. The van der Waals surface area contributed by atoms with Crippen LogP contribution in [0.2, 0.25) is 0 Å². The van der Waals surface area contributed by atoms with E-state index in [4.69, 9.17) is 18.9 Å². The van der Waals surface area contributed by atoms with E-state index in [1.54, 1.807) is 6.92 Å². The number of fused-ring (bicyclic) bond motifs is 1. The van der Waals surface area contributed by atoms with Crippen LogP contribution in [-0.4, -0.2) is 111 Å². The molecule has 6 N–H and O–H groups in total. The summed E-state index contributed by atoms with van der Waals surface area (Å²) in [6.07, 6.45) is -11.6. The van der Waals surface area contributed by atoms with Crippen LogP contribution >= 0.6 is 0 Å². The molecule has 25 heavy (non-hydrogen) atoms. The van der Waals surface area contributed by atoms with Crippen LogP contribution < -0.4 is 0 Å². The lowest BCUT2D eigenvalue weighted by Crippen LogP contribution is -2.63. The predicted molar refractivity (Wildman–Crippen MR) is 78.4 cm³/mol. The Labute approximate surface area is 143 Å². The molecule has 4 unspecified atom stereocenters. The maximum Gasteiger partial charge on any atom is 0.227 e. The Balaban J connectivity index is 1.78. The molecule has 0 amide bonds. The smallest absolute Gasteiger partial charge is 0.227 e. The molecule has 3 rings (SSSR count). The van der Waals surface area contributed by atoms with Gasteiger partial charge in [-0.05, 0) is 0 Å². The van der Waals surface area contributed by atoms with Gasteiger partial charge in [0.1, 0.15) is 48.8 Å². The van der Waals surface area contributed by atoms with Crippen molar-refractivity contribution in [1.29, 1.82) is 0 Å². The van der Waals surface area contributed by atoms with E-state index in [-0.39, 0.29) is 0 Å². The highest BCUT2D eigenvalue weighted by Crippen LogP contribution is 2.33. The average molecular weight is 365 g/mol. The molecule has 10 atom stereocenters. The van der Waals surface area contributed by atoms with Gasteiger partial charge in [-0.25, -0.2) is 4.99 Å². The Hall–Kier alpha value is -0.890. The summed E-state index contributed by atoms with van der Waals surface area (Å²) in [5.41, 5.74) is 0. The van der Waals surface area contributed by atoms with Crippen LogP contribution in [-0.2, 0) is 18.9 Å². The van der Waals surface area contributed by atoms with Crippen molar-refractivity contribution in [3.63, 3.8) is 0 Å². The monoisotopic (exact) mass is 365 g/mol. The van der Waals surface area contributed by atoms with Gasteiger partial charge < -0.3 is 49.6 Å². The normalized spacial score (nSPS) is 50.1. The first-order valence-corrected chi connectivity index (χ1v) is 7.98. The van der Waals surface area contributed by atoms with Crippen LogP contribution in [0.25, 0.3) is 0 Å². The molecule has 0 bridgehead atoms. The number of aliphatic hydroxyl groups is 6. The summed E-state index contributed by atoms with van der Waals surface area (Å²) in [7, 11) is 0. The highest BCUT2D eigenvalue weighted by Gasteiger charge is 2.53. The zero-order valence-electron chi connectivity index (χ0n) is 13.5. The van der Waals surface area contributed by atoms with Gasteiger partial charge in [-0.1, -0.05) is 0 Å². The maximum atomic E-state index is 10.4. The van der Waals surface area contributed by atoms with Crippen molar-refractivity contribution in [2.24, 2.45) is 4.99 Å². The Kier molecular flexibility index (Phi) is 5.58. The van der Waals surface area contributed by atoms with Gasteiger partial charge in [0.15, 0.2) is 12.2 Å². The summed E-state index contributed by atoms with van der Waals surface area (Å²) in [5, 5.41) is 58.7. The van der Waals surface area contributed by atoms with E-state index in [0.29, 0.717) is 5.90 Å². The molecule has 11 heteroatoms. The fraction of sp³-hybridized carbons (Fsp3) is 0.929. The van der Waals surface area contributed by atoms with E-state index >= 15 is 0 Å². The minimum atomic E-state index is -1.62. The minimum absolute atomic E-state index is 0.309. The summed E-state index contributed by atoms with van der Waals surface area (Å²) in [6.45, 7) is 0.487. The first-order valence-electron chi connectivity index (χ1n) is 7.98. The summed E-state index contributed by atoms with van der Waals surface area (Å²) in [6, 6.07) is -0.773. The second-order valence-electron chi connectivity index (χ2n) is 6.27. The predicted octanol–water partition coefficient (Wildman–Crippen LogP) is -3.93. The molecular weight excluding hydrogens is 342 g/mol. The molecule has 3 aliphatic rings. The molecule has 0 aromatic heterocycles. The number of hydrogen-bond donors (Lipinski definition) is 6. The van der Waals surface area contributed by atoms with Gasteiger partial charge >= 0.3 is 0 Å². The molecule has 0 aromatic carbocycles. The van der Waals surface area contributed by atoms with E-state index < -0.39 is 74.6 Å². The Morgan fingerprint density at radius 3 is 2.20 bits per heavy atom. The third-order valence-corrected chi connectivity index (χ3v) is 4.58. The molecule has 0 saturated carbocycles. The largest absolute Gasteiger partial charge is 0.450 e. The summed E-state index contributed by atoms with van der Waals surface area (Å²) in [4.78, 5) is 4.18. The molecule has 11 nitrogen and oxygen atoms in total. The average Bonchev–Trinajstić information content (AvgIpc) is 2.97. The molecule has 0 spiro atoms. The molecule has 3 aliphatic heterocycles. The second kappa shape index (κ2) is 7.39. The number of rotatable bonds is 4. The summed E-state index contributed by atoms with van der Waals surface area (Å²) < 4.78 is 21.7. The number of hydrogen-bond acceptors (Lipinski definition) is 11. The fourth-order valence-electron chi connectivity index (χ4n) is 3.19. The SMILES string of the molecule is CC1=NC2[C@H](O1)OC(CO)[C@@H](O)[C@@H]2O[C@@H]1OC(CO)[C@H](O)[C@H](O)C1O. The zero-order valence-corrected chi connectivity index (χ0v) is 13.5. The molecule has 0 radical (unpaired) electrons. The van der Waals surface area contributed by atoms with Crippen LogP contribution in [0.1, 0.15) is 6.92 Å². The number of nitrogens with zero attached hydrogens (tertiary/aromatic N) is 1. The minimum Gasteiger partial charge on any atom is -0.450 e. The molecule has 2 saturated heterocycles. The summed E-state index contributed by atoms with van der Waals surface area (Å²) in [5.74, 6) is 0.309.